The minimum atomic E-state index is -1.35. The molecule has 2 aliphatic rings. The molecule has 6 nitrogen and oxygen atoms in total. The first-order valence-electron chi connectivity index (χ1n) is 9.13. The van der Waals surface area contributed by atoms with Crippen LogP contribution in [0, 0.1) is 0 Å². The maximum Gasteiger partial charge on any atom is 0.267 e. The fourth-order valence-electron chi connectivity index (χ4n) is 4.14. The van der Waals surface area contributed by atoms with Gasteiger partial charge in [-0.05, 0) is 30.7 Å². The highest BCUT2D eigenvalue weighted by atomic mass is 79.9. The third kappa shape index (κ3) is 2.57. The number of para-hydroxylation sites is 1. The minimum absolute atomic E-state index is 0.157. The first-order chi connectivity index (χ1) is 13.4. The highest BCUT2D eigenvalue weighted by molar-refractivity contribution is 9.10. The zero-order valence-corrected chi connectivity index (χ0v) is 17.2. The van der Waals surface area contributed by atoms with Gasteiger partial charge in [0.15, 0.2) is 0 Å². The predicted molar refractivity (Wildman–Crippen MR) is 109 cm³/mol. The lowest BCUT2D eigenvalue weighted by molar-refractivity contribution is -0.133. The van der Waals surface area contributed by atoms with Crippen LogP contribution < -0.4 is 10.2 Å². The number of hydrogen-bond acceptors (Lipinski definition) is 3. The van der Waals surface area contributed by atoms with Gasteiger partial charge in [-0.15, -0.1) is 0 Å². The largest absolute Gasteiger partial charge is 0.346 e. The van der Waals surface area contributed by atoms with E-state index in [1.807, 2.05) is 31.2 Å². The standard InChI is InChI=1S/C21H20BrN3O3/c1-13(14-7-3-5-9-16(14)22)23-20(28)21-12-11-18(26)25(21)17-10-6-4-8-15(17)19(27)24(21)2/h3-10,13H,11-12H2,1-2H3,(H,23,28)/t13-,21+/m1/s1. The number of anilines is 1. The molecule has 0 aromatic heterocycles. The van der Waals surface area contributed by atoms with Crippen LogP contribution in [0.4, 0.5) is 5.69 Å². The number of fused-ring (bicyclic) bond motifs is 3. The van der Waals surface area contributed by atoms with Gasteiger partial charge in [0.05, 0.1) is 17.3 Å². The van der Waals surface area contributed by atoms with Crippen molar-refractivity contribution in [1.82, 2.24) is 10.2 Å². The lowest BCUT2D eigenvalue weighted by Gasteiger charge is -2.47. The van der Waals surface area contributed by atoms with Gasteiger partial charge in [0, 0.05) is 24.4 Å². The third-order valence-corrected chi connectivity index (χ3v) is 6.35. The molecule has 4 rings (SSSR count). The molecule has 1 fully saturated rings. The Balaban J connectivity index is 1.75. The van der Waals surface area contributed by atoms with Crippen molar-refractivity contribution in [1.29, 1.82) is 0 Å². The predicted octanol–water partition coefficient (Wildman–Crippen LogP) is 3.24. The monoisotopic (exact) mass is 441 g/mol. The molecule has 28 heavy (non-hydrogen) atoms. The summed E-state index contributed by atoms with van der Waals surface area (Å²) < 4.78 is 0.887. The normalized spacial score (nSPS) is 22.0. The molecular formula is C21H20BrN3O3. The molecule has 2 aliphatic heterocycles. The van der Waals surface area contributed by atoms with Crippen LogP contribution in [0.5, 0.6) is 0 Å². The molecule has 0 aliphatic carbocycles. The number of nitrogens with one attached hydrogen (secondary N) is 1. The van der Waals surface area contributed by atoms with Gasteiger partial charge < -0.3 is 10.2 Å². The molecule has 7 heteroatoms. The Labute approximate surface area is 171 Å². The minimum Gasteiger partial charge on any atom is -0.346 e. The topological polar surface area (TPSA) is 69.7 Å². The second-order valence-electron chi connectivity index (χ2n) is 7.14. The molecule has 0 unspecified atom stereocenters. The van der Waals surface area contributed by atoms with E-state index in [1.54, 1.807) is 31.3 Å². The van der Waals surface area contributed by atoms with Gasteiger partial charge in [-0.2, -0.15) is 0 Å². The Morgan fingerprint density at radius 3 is 2.57 bits per heavy atom. The smallest absolute Gasteiger partial charge is 0.267 e. The van der Waals surface area contributed by atoms with E-state index in [1.165, 1.54) is 9.80 Å². The van der Waals surface area contributed by atoms with Gasteiger partial charge in [0.25, 0.3) is 11.8 Å². The van der Waals surface area contributed by atoms with Crippen LogP contribution in [-0.2, 0) is 9.59 Å². The van der Waals surface area contributed by atoms with Crippen LogP contribution >= 0.6 is 15.9 Å². The van der Waals surface area contributed by atoms with Crippen molar-refractivity contribution >= 4 is 39.3 Å². The average molecular weight is 442 g/mol. The average Bonchev–Trinajstić information content (AvgIpc) is 3.05. The van der Waals surface area contributed by atoms with Crippen LogP contribution in [0.1, 0.15) is 41.7 Å². The molecule has 144 valence electrons. The molecule has 3 amide bonds. The molecule has 1 N–H and O–H groups in total. The van der Waals surface area contributed by atoms with Crippen molar-refractivity contribution in [2.24, 2.45) is 0 Å². The van der Waals surface area contributed by atoms with E-state index < -0.39 is 5.66 Å². The Bertz CT molecular complexity index is 992. The number of carbonyl (C=O) groups excluding carboxylic acids is 3. The van der Waals surface area contributed by atoms with Gasteiger partial charge in [0.1, 0.15) is 0 Å². The summed E-state index contributed by atoms with van der Waals surface area (Å²) in [7, 11) is 1.59. The number of rotatable bonds is 3. The number of hydrogen-bond donors (Lipinski definition) is 1. The van der Waals surface area contributed by atoms with Gasteiger partial charge >= 0.3 is 0 Å². The highest BCUT2D eigenvalue weighted by Gasteiger charge is 2.59. The SMILES string of the molecule is C[C@@H](NC(=O)[C@]12CCC(=O)N1c1ccccc1C(=O)N2C)c1ccccc1Br. The molecular weight excluding hydrogens is 422 g/mol. The number of likely N-dealkylation sites (N-methyl/N-ethyl adjacent to an activating group) is 1. The van der Waals surface area contributed by atoms with Crippen molar-refractivity contribution in [3.05, 3.63) is 64.1 Å². The van der Waals surface area contributed by atoms with Crippen molar-refractivity contribution in [3.63, 3.8) is 0 Å². The maximum absolute atomic E-state index is 13.5. The van der Waals surface area contributed by atoms with E-state index in [0.717, 1.165) is 10.0 Å². The third-order valence-electron chi connectivity index (χ3n) is 5.62. The molecule has 0 bridgehead atoms. The summed E-state index contributed by atoms with van der Waals surface area (Å²) in [5, 5.41) is 3.01. The van der Waals surface area contributed by atoms with Crippen molar-refractivity contribution in [2.75, 3.05) is 11.9 Å². The van der Waals surface area contributed by atoms with E-state index in [9.17, 15) is 14.4 Å². The van der Waals surface area contributed by atoms with Crippen LogP contribution in [0.25, 0.3) is 0 Å². The zero-order valence-electron chi connectivity index (χ0n) is 15.6. The molecule has 1 saturated heterocycles. The van der Waals surface area contributed by atoms with Crippen molar-refractivity contribution in [2.45, 2.75) is 31.5 Å². The molecule has 2 atom stereocenters. The van der Waals surface area contributed by atoms with E-state index >= 15 is 0 Å². The lowest BCUT2D eigenvalue weighted by atomic mass is 9.95. The van der Waals surface area contributed by atoms with E-state index in [-0.39, 0.29) is 36.6 Å². The van der Waals surface area contributed by atoms with Gasteiger partial charge in [-0.3, -0.25) is 19.3 Å². The molecule has 0 spiro atoms. The van der Waals surface area contributed by atoms with Gasteiger partial charge in [0.2, 0.25) is 11.6 Å². The molecule has 0 saturated carbocycles. The number of benzene rings is 2. The first kappa shape index (κ1) is 18.7. The second-order valence-corrected chi connectivity index (χ2v) is 8.00. The van der Waals surface area contributed by atoms with Crippen LogP contribution in [-0.4, -0.2) is 35.3 Å². The summed E-state index contributed by atoms with van der Waals surface area (Å²) in [6, 6.07) is 14.3. The van der Waals surface area contributed by atoms with Crippen molar-refractivity contribution < 1.29 is 14.4 Å². The summed E-state index contributed by atoms with van der Waals surface area (Å²) in [6.45, 7) is 1.88. The fourth-order valence-corrected chi connectivity index (χ4v) is 4.77. The molecule has 2 aromatic carbocycles. The Morgan fingerprint density at radius 1 is 1.14 bits per heavy atom. The summed E-state index contributed by atoms with van der Waals surface area (Å²) in [5.41, 5.74) is 0.505. The quantitative estimate of drug-likeness (QED) is 0.794. The van der Waals surface area contributed by atoms with Gasteiger partial charge in [-0.1, -0.05) is 46.3 Å². The molecule has 2 aromatic rings. The Hall–Kier alpha value is -2.67. The number of halogens is 1. The van der Waals surface area contributed by atoms with Gasteiger partial charge in [-0.25, -0.2) is 0 Å². The van der Waals surface area contributed by atoms with Crippen LogP contribution in [0.3, 0.4) is 0 Å². The summed E-state index contributed by atoms with van der Waals surface area (Å²) in [4.78, 5) is 42.1. The molecule has 2 heterocycles. The van der Waals surface area contributed by atoms with Crippen molar-refractivity contribution in [3.8, 4) is 0 Å². The van der Waals surface area contributed by atoms with Crippen LogP contribution in [0.2, 0.25) is 0 Å². The lowest BCUT2D eigenvalue weighted by Crippen LogP contribution is -2.69. The second kappa shape index (κ2) is 6.74. The first-order valence-corrected chi connectivity index (χ1v) is 9.93. The molecule has 0 radical (unpaired) electrons. The van der Waals surface area contributed by atoms with Crippen LogP contribution in [0.15, 0.2) is 53.0 Å². The number of carbonyl (C=O) groups is 3. The highest BCUT2D eigenvalue weighted by Crippen LogP contribution is 2.44. The Kier molecular flexibility index (Phi) is 4.50. The summed E-state index contributed by atoms with van der Waals surface area (Å²) in [5.74, 6) is -0.771. The van der Waals surface area contributed by atoms with E-state index in [4.69, 9.17) is 0 Å². The number of amides is 3. The summed E-state index contributed by atoms with van der Waals surface area (Å²) in [6.07, 6.45) is 0.472. The maximum atomic E-state index is 13.5. The zero-order chi connectivity index (χ0) is 20.1. The Morgan fingerprint density at radius 2 is 1.82 bits per heavy atom. The van der Waals surface area contributed by atoms with E-state index in [2.05, 4.69) is 21.2 Å². The fraction of sp³-hybridized carbons (Fsp3) is 0.286. The summed E-state index contributed by atoms with van der Waals surface area (Å²) >= 11 is 3.51. The van der Waals surface area contributed by atoms with E-state index in [0.29, 0.717) is 11.3 Å². The number of nitrogens with zero attached hydrogens (tertiary/aromatic N) is 2.